The first-order chi connectivity index (χ1) is 12.0. The third kappa shape index (κ3) is 3.25. The molecular formula is C18H14N2O5. The molecule has 0 unspecified atom stereocenters. The number of hydrogen-bond acceptors (Lipinski definition) is 4. The van der Waals surface area contributed by atoms with Crippen molar-refractivity contribution in [1.29, 1.82) is 0 Å². The number of aliphatic carboxylic acids is 1. The number of imide groups is 1. The van der Waals surface area contributed by atoms with Gasteiger partial charge in [-0.3, -0.25) is 24.1 Å². The number of carbonyl (C=O) groups excluding carboxylic acids is 3. The standard InChI is InChI=1S/C18H14N2O5/c21-15(22)8-9-20-17(24)13-7-6-12(10-14(13)18(20)25)19-16(23)11-4-2-1-3-5-11/h1-7,10H,8-9H2,(H,19,23)(H,21,22). The number of carboxylic acid groups (broad SMARTS) is 1. The van der Waals surface area contributed by atoms with Gasteiger partial charge in [0.2, 0.25) is 0 Å². The molecule has 0 atom stereocenters. The number of amides is 3. The van der Waals surface area contributed by atoms with Gasteiger partial charge in [-0.05, 0) is 30.3 Å². The van der Waals surface area contributed by atoms with E-state index in [4.69, 9.17) is 5.11 Å². The zero-order chi connectivity index (χ0) is 18.0. The van der Waals surface area contributed by atoms with Gasteiger partial charge >= 0.3 is 5.97 Å². The van der Waals surface area contributed by atoms with E-state index < -0.39 is 17.8 Å². The number of carbonyl (C=O) groups is 4. The summed E-state index contributed by atoms with van der Waals surface area (Å²) in [6, 6.07) is 13.0. The Hall–Kier alpha value is -3.48. The van der Waals surface area contributed by atoms with Crippen molar-refractivity contribution >= 4 is 29.4 Å². The quantitative estimate of drug-likeness (QED) is 0.812. The van der Waals surface area contributed by atoms with Crippen LogP contribution in [0.4, 0.5) is 5.69 Å². The van der Waals surface area contributed by atoms with Crippen LogP contribution in [0.2, 0.25) is 0 Å². The number of hydrogen-bond donors (Lipinski definition) is 2. The van der Waals surface area contributed by atoms with Crippen LogP contribution in [0.15, 0.2) is 48.5 Å². The number of fused-ring (bicyclic) bond motifs is 1. The molecule has 2 N–H and O–H groups in total. The molecule has 7 heteroatoms. The molecule has 3 amide bonds. The van der Waals surface area contributed by atoms with Crippen molar-refractivity contribution in [1.82, 2.24) is 4.90 Å². The topological polar surface area (TPSA) is 104 Å². The van der Waals surface area contributed by atoms with E-state index in [9.17, 15) is 19.2 Å². The van der Waals surface area contributed by atoms with Crippen LogP contribution >= 0.6 is 0 Å². The molecule has 126 valence electrons. The predicted octanol–water partition coefficient (Wildman–Crippen LogP) is 2.01. The van der Waals surface area contributed by atoms with E-state index in [0.717, 1.165) is 4.90 Å². The van der Waals surface area contributed by atoms with Crippen LogP contribution in [-0.2, 0) is 4.79 Å². The van der Waals surface area contributed by atoms with E-state index in [1.807, 2.05) is 0 Å². The Kier molecular flexibility index (Phi) is 4.30. The molecule has 7 nitrogen and oxygen atoms in total. The maximum absolute atomic E-state index is 12.3. The van der Waals surface area contributed by atoms with Crippen molar-refractivity contribution in [3.63, 3.8) is 0 Å². The number of rotatable bonds is 5. The van der Waals surface area contributed by atoms with E-state index in [-0.39, 0.29) is 30.0 Å². The summed E-state index contributed by atoms with van der Waals surface area (Å²) in [5, 5.41) is 11.4. The Morgan fingerprint density at radius 1 is 0.960 bits per heavy atom. The maximum atomic E-state index is 12.3. The third-order valence-corrected chi connectivity index (χ3v) is 3.81. The summed E-state index contributed by atoms with van der Waals surface area (Å²) in [5.74, 6) is -2.51. The lowest BCUT2D eigenvalue weighted by Gasteiger charge is -2.11. The SMILES string of the molecule is O=C(O)CCN1C(=O)c2ccc(NC(=O)c3ccccc3)cc2C1=O. The molecule has 0 aromatic heterocycles. The second-order valence-corrected chi connectivity index (χ2v) is 5.49. The van der Waals surface area contributed by atoms with Gasteiger partial charge in [-0.25, -0.2) is 0 Å². The average molecular weight is 338 g/mol. The van der Waals surface area contributed by atoms with Crippen LogP contribution in [0.3, 0.4) is 0 Å². The van der Waals surface area contributed by atoms with Crippen LogP contribution in [0.5, 0.6) is 0 Å². The average Bonchev–Trinajstić information content (AvgIpc) is 2.84. The lowest BCUT2D eigenvalue weighted by Crippen LogP contribution is -2.31. The number of nitrogens with zero attached hydrogens (tertiary/aromatic N) is 1. The van der Waals surface area contributed by atoms with Crippen LogP contribution < -0.4 is 5.32 Å². The summed E-state index contributed by atoms with van der Waals surface area (Å²) < 4.78 is 0. The van der Waals surface area contributed by atoms with Gasteiger partial charge in [-0.1, -0.05) is 18.2 Å². The predicted molar refractivity (Wildman–Crippen MR) is 88.5 cm³/mol. The highest BCUT2D eigenvalue weighted by Gasteiger charge is 2.35. The Balaban J connectivity index is 1.80. The monoisotopic (exact) mass is 338 g/mol. The number of carboxylic acids is 1. The molecule has 0 bridgehead atoms. The zero-order valence-corrected chi connectivity index (χ0v) is 13.1. The van der Waals surface area contributed by atoms with Gasteiger partial charge in [-0.15, -0.1) is 0 Å². The second-order valence-electron chi connectivity index (χ2n) is 5.49. The van der Waals surface area contributed by atoms with Crippen molar-refractivity contribution in [2.75, 3.05) is 11.9 Å². The van der Waals surface area contributed by atoms with Gasteiger partial charge in [0.15, 0.2) is 0 Å². The first-order valence-corrected chi connectivity index (χ1v) is 7.56. The summed E-state index contributed by atoms with van der Waals surface area (Å²) >= 11 is 0. The first kappa shape index (κ1) is 16.4. The van der Waals surface area contributed by atoms with E-state index >= 15 is 0 Å². The Morgan fingerprint density at radius 2 is 1.64 bits per heavy atom. The van der Waals surface area contributed by atoms with Gasteiger partial charge in [0.1, 0.15) is 0 Å². The zero-order valence-electron chi connectivity index (χ0n) is 13.1. The van der Waals surface area contributed by atoms with E-state index in [0.29, 0.717) is 11.3 Å². The Labute approximate surface area is 142 Å². The highest BCUT2D eigenvalue weighted by atomic mass is 16.4. The molecule has 0 aliphatic carbocycles. The molecule has 2 aromatic carbocycles. The highest BCUT2D eigenvalue weighted by molar-refractivity contribution is 6.22. The van der Waals surface area contributed by atoms with Crippen molar-refractivity contribution in [2.45, 2.75) is 6.42 Å². The molecule has 2 aromatic rings. The summed E-state index contributed by atoms with van der Waals surface area (Å²) in [6.07, 6.45) is -0.316. The van der Waals surface area contributed by atoms with Crippen molar-refractivity contribution in [3.8, 4) is 0 Å². The lowest BCUT2D eigenvalue weighted by atomic mass is 10.1. The molecule has 0 saturated heterocycles. The van der Waals surface area contributed by atoms with Gasteiger partial charge in [0.05, 0.1) is 17.5 Å². The van der Waals surface area contributed by atoms with Crippen LogP contribution in [0.25, 0.3) is 0 Å². The lowest BCUT2D eigenvalue weighted by molar-refractivity contribution is -0.137. The molecule has 0 saturated carbocycles. The second kappa shape index (κ2) is 6.56. The molecule has 1 aliphatic rings. The van der Waals surface area contributed by atoms with Crippen LogP contribution in [0, 0.1) is 0 Å². The molecule has 0 fully saturated rings. The summed E-state index contributed by atoms with van der Waals surface area (Å²) in [5.41, 5.74) is 1.21. The van der Waals surface area contributed by atoms with Crippen LogP contribution in [0.1, 0.15) is 37.5 Å². The van der Waals surface area contributed by atoms with Crippen molar-refractivity contribution < 1.29 is 24.3 Å². The van der Waals surface area contributed by atoms with E-state index in [1.54, 1.807) is 30.3 Å². The summed E-state index contributed by atoms with van der Waals surface area (Å²) in [4.78, 5) is 48.2. The molecule has 1 heterocycles. The smallest absolute Gasteiger partial charge is 0.305 e. The molecule has 1 aliphatic heterocycles. The minimum absolute atomic E-state index is 0.154. The Bertz CT molecular complexity index is 876. The van der Waals surface area contributed by atoms with Crippen molar-refractivity contribution in [3.05, 3.63) is 65.2 Å². The molecule has 3 rings (SSSR count). The highest BCUT2D eigenvalue weighted by Crippen LogP contribution is 2.26. The summed E-state index contributed by atoms with van der Waals surface area (Å²) in [7, 11) is 0. The minimum atomic E-state index is -1.09. The minimum Gasteiger partial charge on any atom is -0.481 e. The largest absolute Gasteiger partial charge is 0.481 e. The molecule has 25 heavy (non-hydrogen) atoms. The van der Waals surface area contributed by atoms with Crippen LogP contribution in [-0.4, -0.2) is 40.2 Å². The normalized spacial score (nSPS) is 12.9. The maximum Gasteiger partial charge on any atom is 0.305 e. The van der Waals surface area contributed by atoms with E-state index in [1.165, 1.54) is 18.2 Å². The molecule has 0 radical (unpaired) electrons. The molecular weight excluding hydrogens is 324 g/mol. The third-order valence-electron chi connectivity index (χ3n) is 3.81. The van der Waals surface area contributed by atoms with Gasteiger partial charge in [0.25, 0.3) is 17.7 Å². The van der Waals surface area contributed by atoms with Gasteiger partial charge in [0, 0.05) is 17.8 Å². The van der Waals surface area contributed by atoms with E-state index in [2.05, 4.69) is 5.32 Å². The van der Waals surface area contributed by atoms with Gasteiger partial charge < -0.3 is 10.4 Å². The van der Waals surface area contributed by atoms with Gasteiger partial charge in [-0.2, -0.15) is 0 Å². The summed E-state index contributed by atoms with van der Waals surface area (Å²) in [6.45, 7) is -0.187. The number of benzene rings is 2. The molecule has 0 spiro atoms. The Morgan fingerprint density at radius 3 is 2.32 bits per heavy atom. The fraction of sp³-hybridized carbons (Fsp3) is 0.111. The number of nitrogens with one attached hydrogen (secondary N) is 1. The van der Waals surface area contributed by atoms with Crippen molar-refractivity contribution in [2.24, 2.45) is 0 Å². The number of anilines is 1. The first-order valence-electron chi connectivity index (χ1n) is 7.56. The fourth-order valence-corrected chi connectivity index (χ4v) is 2.57. The fourth-order valence-electron chi connectivity index (χ4n) is 2.57.